The first-order chi connectivity index (χ1) is 5.65. The lowest BCUT2D eigenvalue weighted by molar-refractivity contribution is -0.00375. The predicted molar refractivity (Wildman–Crippen MR) is 39.6 cm³/mol. The predicted octanol–water partition coefficient (Wildman–Crippen LogP) is 1.45. The van der Waals surface area contributed by atoms with Gasteiger partial charge in [-0.05, 0) is 11.5 Å². The van der Waals surface area contributed by atoms with E-state index in [1.165, 1.54) is 13.2 Å². The van der Waals surface area contributed by atoms with Crippen LogP contribution in [0.2, 0.25) is 0 Å². The molecule has 68 valence electrons. The molecule has 0 aliphatic carbocycles. The molecule has 0 aliphatic rings. The van der Waals surface area contributed by atoms with Crippen LogP contribution in [0.25, 0.3) is 0 Å². The third-order valence-corrected chi connectivity index (χ3v) is 2.09. The number of aliphatic hydroxyl groups is 1. The molecular formula is C6H7F2NO2S. The number of methoxy groups -OCH3 is 1. The molecule has 3 nitrogen and oxygen atoms in total. The van der Waals surface area contributed by atoms with Crippen molar-refractivity contribution in [1.82, 2.24) is 4.37 Å². The van der Waals surface area contributed by atoms with Gasteiger partial charge < -0.3 is 9.84 Å². The van der Waals surface area contributed by atoms with Crippen LogP contribution in [0.3, 0.4) is 0 Å². The van der Waals surface area contributed by atoms with Crippen LogP contribution in [-0.4, -0.2) is 23.0 Å². The summed E-state index contributed by atoms with van der Waals surface area (Å²) >= 11 is 0.806. The third kappa shape index (κ3) is 1.89. The second-order valence-electron chi connectivity index (χ2n) is 2.05. The monoisotopic (exact) mass is 195 g/mol. The molecule has 0 fully saturated rings. The first-order valence-corrected chi connectivity index (χ1v) is 3.89. The van der Waals surface area contributed by atoms with E-state index in [0.717, 1.165) is 11.5 Å². The van der Waals surface area contributed by atoms with Crippen LogP contribution in [0.4, 0.5) is 8.78 Å². The van der Waals surface area contributed by atoms with Crippen LogP contribution in [-0.2, 0) is 0 Å². The lowest BCUT2D eigenvalue weighted by Gasteiger charge is -2.03. The van der Waals surface area contributed by atoms with E-state index >= 15 is 0 Å². The highest BCUT2D eigenvalue weighted by Crippen LogP contribution is 2.27. The minimum atomic E-state index is -2.78. The van der Waals surface area contributed by atoms with E-state index in [0.29, 0.717) is 0 Å². The van der Waals surface area contributed by atoms with Gasteiger partial charge >= 0.3 is 0 Å². The van der Waals surface area contributed by atoms with Crippen molar-refractivity contribution < 1.29 is 18.6 Å². The van der Waals surface area contributed by atoms with Crippen LogP contribution >= 0.6 is 11.5 Å². The van der Waals surface area contributed by atoms with Crippen molar-refractivity contribution in [2.24, 2.45) is 0 Å². The van der Waals surface area contributed by atoms with Gasteiger partial charge in [0.25, 0.3) is 6.43 Å². The van der Waals surface area contributed by atoms with E-state index in [1.54, 1.807) is 0 Å². The Kier molecular flexibility index (Phi) is 2.93. The lowest BCUT2D eigenvalue weighted by atomic mass is 10.3. The maximum absolute atomic E-state index is 11.9. The maximum Gasteiger partial charge on any atom is 0.269 e. The fourth-order valence-electron chi connectivity index (χ4n) is 0.632. The Morgan fingerprint density at radius 3 is 2.75 bits per heavy atom. The Bertz CT molecular complexity index is 253. The number of nitrogens with zero attached hydrogens (tertiary/aromatic N) is 1. The summed E-state index contributed by atoms with van der Waals surface area (Å²) in [5.74, 6) is 0.245. The Labute approximate surface area is 71.8 Å². The number of hydrogen-bond donors (Lipinski definition) is 1. The van der Waals surface area contributed by atoms with Crippen LogP contribution in [0.15, 0.2) is 6.07 Å². The zero-order valence-electron chi connectivity index (χ0n) is 6.20. The Hall–Kier alpha value is -0.750. The molecular weight excluding hydrogens is 188 g/mol. The van der Waals surface area contributed by atoms with Crippen molar-refractivity contribution in [3.05, 3.63) is 10.9 Å². The Morgan fingerprint density at radius 2 is 2.33 bits per heavy atom. The zero-order chi connectivity index (χ0) is 9.14. The summed E-state index contributed by atoms with van der Waals surface area (Å²) in [4.78, 5) is 0.113. The topological polar surface area (TPSA) is 42.4 Å². The van der Waals surface area contributed by atoms with E-state index in [-0.39, 0.29) is 10.8 Å². The summed E-state index contributed by atoms with van der Waals surface area (Å²) < 4.78 is 32.2. The maximum atomic E-state index is 11.9. The third-order valence-electron chi connectivity index (χ3n) is 1.25. The molecule has 0 amide bonds. The number of aliphatic hydroxyl groups excluding tert-OH is 1. The van der Waals surface area contributed by atoms with Crippen molar-refractivity contribution >= 4 is 11.5 Å². The molecule has 0 saturated heterocycles. The van der Waals surface area contributed by atoms with E-state index in [1.807, 2.05) is 0 Å². The van der Waals surface area contributed by atoms with Crippen molar-refractivity contribution in [3.8, 4) is 5.88 Å². The van der Waals surface area contributed by atoms with Gasteiger partial charge in [0, 0.05) is 6.07 Å². The van der Waals surface area contributed by atoms with Crippen molar-refractivity contribution in [1.29, 1.82) is 0 Å². The van der Waals surface area contributed by atoms with Gasteiger partial charge in [0.05, 0.1) is 12.0 Å². The molecule has 1 unspecified atom stereocenters. The average molecular weight is 195 g/mol. The number of ether oxygens (including phenoxy) is 1. The van der Waals surface area contributed by atoms with Crippen LogP contribution in [0.5, 0.6) is 5.88 Å². The highest BCUT2D eigenvalue weighted by molar-refractivity contribution is 7.06. The molecule has 1 heterocycles. The first-order valence-electron chi connectivity index (χ1n) is 3.12. The lowest BCUT2D eigenvalue weighted by Crippen LogP contribution is -2.05. The van der Waals surface area contributed by atoms with E-state index in [9.17, 15) is 8.78 Å². The highest BCUT2D eigenvalue weighted by Gasteiger charge is 2.21. The standard InChI is InChI=1S/C6H7F2NO2S/c1-11-4-2-3(12-9-4)5(10)6(7)8/h2,5-6,10H,1H3. The zero-order valence-corrected chi connectivity index (χ0v) is 7.02. The Balaban J connectivity index is 2.74. The smallest absolute Gasteiger partial charge is 0.269 e. The molecule has 1 aromatic heterocycles. The van der Waals surface area contributed by atoms with Gasteiger partial charge in [-0.2, -0.15) is 4.37 Å². The average Bonchev–Trinajstić information content (AvgIpc) is 2.50. The minimum absolute atomic E-state index is 0.113. The SMILES string of the molecule is COc1cc(C(O)C(F)F)sn1. The van der Waals surface area contributed by atoms with Crippen molar-refractivity contribution in [2.75, 3.05) is 7.11 Å². The summed E-state index contributed by atoms with van der Waals surface area (Å²) in [6.45, 7) is 0. The summed E-state index contributed by atoms with van der Waals surface area (Å²) in [6.07, 6.45) is -4.54. The fraction of sp³-hybridized carbons (Fsp3) is 0.500. The van der Waals surface area contributed by atoms with Gasteiger partial charge in [-0.15, -0.1) is 0 Å². The van der Waals surface area contributed by atoms with Crippen LogP contribution in [0, 0.1) is 0 Å². The molecule has 0 spiro atoms. The Morgan fingerprint density at radius 1 is 1.67 bits per heavy atom. The molecule has 0 saturated carbocycles. The number of hydrogen-bond acceptors (Lipinski definition) is 4. The molecule has 1 aromatic rings. The highest BCUT2D eigenvalue weighted by atomic mass is 32.1. The fourth-order valence-corrected chi connectivity index (χ4v) is 1.32. The molecule has 0 aromatic carbocycles. The van der Waals surface area contributed by atoms with Crippen molar-refractivity contribution in [3.63, 3.8) is 0 Å². The second-order valence-corrected chi connectivity index (χ2v) is 2.89. The van der Waals surface area contributed by atoms with Crippen LogP contribution < -0.4 is 4.74 Å². The van der Waals surface area contributed by atoms with Gasteiger partial charge in [0.1, 0.15) is 0 Å². The summed E-state index contributed by atoms with van der Waals surface area (Å²) in [5, 5.41) is 8.87. The summed E-state index contributed by atoms with van der Waals surface area (Å²) in [7, 11) is 1.38. The van der Waals surface area contributed by atoms with Gasteiger partial charge in [-0.25, -0.2) is 8.78 Å². The van der Waals surface area contributed by atoms with Gasteiger partial charge in [0.15, 0.2) is 6.10 Å². The molecule has 0 aliphatic heterocycles. The normalized spacial score (nSPS) is 13.4. The number of halogens is 2. The van der Waals surface area contributed by atoms with E-state index in [4.69, 9.17) is 5.11 Å². The van der Waals surface area contributed by atoms with Gasteiger partial charge in [-0.1, -0.05) is 0 Å². The molecule has 0 bridgehead atoms. The first kappa shape index (κ1) is 9.34. The largest absolute Gasteiger partial charge is 0.480 e. The molecule has 12 heavy (non-hydrogen) atoms. The molecule has 1 N–H and O–H groups in total. The van der Waals surface area contributed by atoms with Gasteiger partial charge in [-0.3, -0.25) is 0 Å². The van der Waals surface area contributed by atoms with Gasteiger partial charge in [0.2, 0.25) is 5.88 Å². The minimum Gasteiger partial charge on any atom is -0.480 e. The van der Waals surface area contributed by atoms with E-state index in [2.05, 4.69) is 9.11 Å². The molecule has 6 heteroatoms. The van der Waals surface area contributed by atoms with Crippen molar-refractivity contribution in [2.45, 2.75) is 12.5 Å². The quantitative estimate of drug-likeness (QED) is 0.793. The summed E-state index contributed by atoms with van der Waals surface area (Å²) in [6, 6.07) is 1.29. The molecule has 1 atom stereocenters. The molecule has 0 radical (unpaired) electrons. The number of aromatic nitrogens is 1. The second kappa shape index (κ2) is 3.77. The van der Waals surface area contributed by atoms with E-state index < -0.39 is 12.5 Å². The number of alkyl halides is 2. The van der Waals surface area contributed by atoms with Crippen LogP contribution in [0.1, 0.15) is 11.0 Å². The number of rotatable bonds is 3. The summed E-state index contributed by atoms with van der Waals surface area (Å²) in [5.41, 5.74) is 0. The molecule has 1 rings (SSSR count).